The number of amides is 1. The van der Waals surface area contributed by atoms with E-state index in [1.54, 1.807) is 0 Å². The highest BCUT2D eigenvalue weighted by Gasteiger charge is 2.32. The van der Waals surface area contributed by atoms with Gasteiger partial charge >= 0.3 is 0 Å². The number of hydrogen-bond acceptors (Lipinski definition) is 3. The molecule has 0 radical (unpaired) electrons. The van der Waals surface area contributed by atoms with Gasteiger partial charge in [0, 0.05) is 29.3 Å². The van der Waals surface area contributed by atoms with Crippen molar-refractivity contribution in [2.45, 2.75) is 46.5 Å². The highest BCUT2D eigenvalue weighted by molar-refractivity contribution is 5.95. The molecule has 0 saturated carbocycles. The van der Waals surface area contributed by atoms with E-state index in [0.29, 0.717) is 12.2 Å². The predicted molar refractivity (Wildman–Crippen MR) is 82.5 cm³/mol. The van der Waals surface area contributed by atoms with Gasteiger partial charge in [-0.15, -0.1) is 5.10 Å². The summed E-state index contributed by atoms with van der Waals surface area (Å²) < 4.78 is 1.83. The molecule has 2 aromatic rings. The Balaban J connectivity index is 2.27. The molecule has 0 saturated heterocycles. The number of carbonyl (C=O) groups excluding carboxylic acids is 1. The van der Waals surface area contributed by atoms with E-state index in [9.17, 15) is 4.79 Å². The van der Waals surface area contributed by atoms with Crippen LogP contribution in [0.15, 0.2) is 17.7 Å². The van der Waals surface area contributed by atoms with Crippen molar-refractivity contribution < 1.29 is 4.79 Å². The van der Waals surface area contributed by atoms with Crippen LogP contribution in [-0.4, -0.2) is 20.5 Å². The summed E-state index contributed by atoms with van der Waals surface area (Å²) in [5.74, 6) is 0.746. The summed E-state index contributed by atoms with van der Waals surface area (Å²) >= 11 is 0. The standard InChI is InChI=1S/C16H20N4O/c1-5-6-9(2)12-8-13(21)18-15-14(12)16-17-10(3)7-11(4)20(16)19-15/h6-7,12H,5,8H2,1-4H3,(H,18,19,21)/b9-6+/t12-/m0/s1. The summed E-state index contributed by atoms with van der Waals surface area (Å²) in [6.07, 6.45) is 3.61. The lowest BCUT2D eigenvalue weighted by molar-refractivity contribution is -0.116. The van der Waals surface area contributed by atoms with Crippen LogP contribution in [0.2, 0.25) is 0 Å². The number of anilines is 1. The SMILES string of the molecule is CC/C=C(\C)[C@@H]1CC(=O)Nc2nn3c(C)cc(C)nc3c21. The highest BCUT2D eigenvalue weighted by atomic mass is 16.1. The highest BCUT2D eigenvalue weighted by Crippen LogP contribution is 2.39. The molecule has 3 rings (SSSR count). The van der Waals surface area contributed by atoms with Gasteiger partial charge < -0.3 is 5.32 Å². The first-order valence-electron chi connectivity index (χ1n) is 7.34. The van der Waals surface area contributed by atoms with Gasteiger partial charge in [0.15, 0.2) is 11.5 Å². The molecule has 21 heavy (non-hydrogen) atoms. The number of nitrogens with one attached hydrogen (secondary N) is 1. The second kappa shape index (κ2) is 4.98. The van der Waals surface area contributed by atoms with E-state index >= 15 is 0 Å². The summed E-state index contributed by atoms with van der Waals surface area (Å²) in [6.45, 7) is 8.18. The van der Waals surface area contributed by atoms with Crippen molar-refractivity contribution in [3.63, 3.8) is 0 Å². The van der Waals surface area contributed by atoms with Crippen molar-refractivity contribution in [3.8, 4) is 0 Å². The van der Waals surface area contributed by atoms with Gasteiger partial charge in [-0.3, -0.25) is 4.79 Å². The Morgan fingerprint density at radius 1 is 1.52 bits per heavy atom. The average molecular weight is 284 g/mol. The molecule has 0 aromatic carbocycles. The van der Waals surface area contributed by atoms with Gasteiger partial charge in [0.25, 0.3) is 0 Å². The molecule has 3 heterocycles. The first-order valence-corrected chi connectivity index (χ1v) is 7.34. The minimum atomic E-state index is 0.0223. The first-order chi connectivity index (χ1) is 10.0. The molecule has 0 bridgehead atoms. The summed E-state index contributed by atoms with van der Waals surface area (Å²) in [7, 11) is 0. The third-order valence-corrected chi connectivity index (χ3v) is 4.00. The molecule has 1 aliphatic rings. The maximum atomic E-state index is 12.0. The molecule has 2 aromatic heterocycles. The molecule has 0 spiro atoms. The lowest BCUT2D eigenvalue weighted by Gasteiger charge is -2.22. The van der Waals surface area contributed by atoms with E-state index in [2.05, 4.69) is 35.3 Å². The number of allylic oxidation sites excluding steroid dienone is 2. The largest absolute Gasteiger partial charge is 0.309 e. The van der Waals surface area contributed by atoms with E-state index in [4.69, 9.17) is 0 Å². The van der Waals surface area contributed by atoms with Crippen LogP contribution in [0.25, 0.3) is 5.65 Å². The minimum absolute atomic E-state index is 0.0223. The third-order valence-electron chi connectivity index (χ3n) is 4.00. The second-order valence-electron chi connectivity index (χ2n) is 5.70. The van der Waals surface area contributed by atoms with Gasteiger partial charge in [-0.05, 0) is 33.3 Å². The molecule has 1 amide bonds. The van der Waals surface area contributed by atoms with E-state index in [-0.39, 0.29) is 11.8 Å². The molecule has 1 aliphatic heterocycles. The Morgan fingerprint density at radius 2 is 2.29 bits per heavy atom. The van der Waals surface area contributed by atoms with Gasteiger partial charge in [-0.2, -0.15) is 0 Å². The zero-order chi connectivity index (χ0) is 15.1. The molecule has 110 valence electrons. The van der Waals surface area contributed by atoms with Gasteiger partial charge in [0.2, 0.25) is 5.91 Å². The maximum absolute atomic E-state index is 12.0. The summed E-state index contributed by atoms with van der Waals surface area (Å²) in [6, 6.07) is 2.00. The van der Waals surface area contributed by atoms with Crippen molar-refractivity contribution in [1.29, 1.82) is 0 Å². The fraction of sp³-hybridized carbons (Fsp3) is 0.438. The molecule has 0 aliphatic carbocycles. The quantitative estimate of drug-likeness (QED) is 0.862. The number of aromatic nitrogens is 3. The number of rotatable bonds is 2. The summed E-state index contributed by atoms with van der Waals surface area (Å²) in [5, 5.41) is 7.42. The second-order valence-corrected chi connectivity index (χ2v) is 5.70. The third kappa shape index (κ3) is 2.22. The molecule has 5 heteroatoms. The zero-order valence-electron chi connectivity index (χ0n) is 12.9. The summed E-state index contributed by atoms with van der Waals surface area (Å²) in [5.41, 5.74) is 5.11. The van der Waals surface area contributed by atoms with Crippen LogP contribution in [0.5, 0.6) is 0 Å². The normalized spacial score (nSPS) is 18.8. The number of hydrogen-bond donors (Lipinski definition) is 1. The molecule has 1 atom stereocenters. The van der Waals surface area contributed by atoms with Crippen molar-refractivity contribution in [3.05, 3.63) is 34.7 Å². The predicted octanol–water partition coefficient (Wildman–Crippen LogP) is 3.13. The van der Waals surface area contributed by atoms with Crippen LogP contribution < -0.4 is 5.32 Å². The van der Waals surface area contributed by atoms with Crippen molar-refractivity contribution in [1.82, 2.24) is 14.6 Å². The zero-order valence-corrected chi connectivity index (χ0v) is 12.9. The average Bonchev–Trinajstić information content (AvgIpc) is 2.76. The van der Waals surface area contributed by atoms with Crippen LogP contribution in [0.3, 0.4) is 0 Å². The monoisotopic (exact) mass is 284 g/mol. The van der Waals surface area contributed by atoms with Crippen LogP contribution in [0, 0.1) is 13.8 Å². The Kier molecular flexibility index (Phi) is 3.27. The summed E-state index contributed by atoms with van der Waals surface area (Å²) in [4.78, 5) is 16.6. The smallest absolute Gasteiger partial charge is 0.226 e. The van der Waals surface area contributed by atoms with E-state index in [1.807, 2.05) is 24.4 Å². The van der Waals surface area contributed by atoms with E-state index in [0.717, 1.165) is 29.0 Å². The number of fused-ring (bicyclic) bond motifs is 3. The fourth-order valence-electron chi connectivity index (χ4n) is 3.07. The Morgan fingerprint density at radius 3 is 3.00 bits per heavy atom. The van der Waals surface area contributed by atoms with Gasteiger partial charge in [-0.1, -0.05) is 18.6 Å². The lowest BCUT2D eigenvalue weighted by Crippen LogP contribution is -2.23. The first kappa shape index (κ1) is 13.8. The maximum Gasteiger partial charge on any atom is 0.226 e. The van der Waals surface area contributed by atoms with Crippen molar-refractivity contribution in [2.24, 2.45) is 0 Å². The van der Waals surface area contributed by atoms with Gasteiger partial charge in [0.05, 0.1) is 0 Å². The Labute approximate surface area is 124 Å². The lowest BCUT2D eigenvalue weighted by atomic mass is 9.87. The fourth-order valence-corrected chi connectivity index (χ4v) is 3.07. The molecular formula is C16H20N4O. The van der Waals surface area contributed by atoms with E-state index in [1.165, 1.54) is 5.57 Å². The van der Waals surface area contributed by atoms with Crippen LogP contribution in [0.4, 0.5) is 5.82 Å². The molecule has 0 fully saturated rings. The van der Waals surface area contributed by atoms with Crippen molar-refractivity contribution >= 4 is 17.4 Å². The topological polar surface area (TPSA) is 59.3 Å². The van der Waals surface area contributed by atoms with Crippen LogP contribution in [-0.2, 0) is 4.79 Å². The Hall–Kier alpha value is -2.17. The number of carbonyl (C=O) groups is 1. The van der Waals surface area contributed by atoms with Crippen LogP contribution >= 0.6 is 0 Å². The Bertz CT molecular complexity index is 757. The van der Waals surface area contributed by atoms with E-state index < -0.39 is 0 Å². The minimum Gasteiger partial charge on any atom is -0.309 e. The number of nitrogens with zero attached hydrogens (tertiary/aromatic N) is 3. The molecule has 0 unspecified atom stereocenters. The van der Waals surface area contributed by atoms with Gasteiger partial charge in [-0.25, -0.2) is 9.50 Å². The van der Waals surface area contributed by atoms with Crippen LogP contribution in [0.1, 0.15) is 49.6 Å². The number of aryl methyl sites for hydroxylation is 2. The molecule has 5 nitrogen and oxygen atoms in total. The molecular weight excluding hydrogens is 264 g/mol. The van der Waals surface area contributed by atoms with Crippen molar-refractivity contribution in [2.75, 3.05) is 5.32 Å². The molecule has 1 N–H and O–H groups in total. The van der Waals surface area contributed by atoms with Gasteiger partial charge in [0.1, 0.15) is 0 Å².